The molecule has 2 aliphatic heterocycles. The molecule has 0 radical (unpaired) electrons. The fraction of sp³-hybridized carbons (Fsp3) is 0.273. The lowest BCUT2D eigenvalue weighted by Crippen LogP contribution is -2.48. The third-order valence-corrected chi connectivity index (χ3v) is 5.40. The van der Waals surface area contributed by atoms with Crippen LogP contribution in [0.25, 0.3) is 10.8 Å². The molecule has 0 aliphatic carbocycles. The Labute approximate surface area is 142 Å². The lowest BCUT2D eigenvalue weighted by Gasteiger charge is -2.46. The van der Waals surface area contributed by atoms with E-state index < -0.39 is 0 Å². The number of fused-ring (bicyclic) bond motifs is 4. The maximum absolute atomic E-state index is 6.42. The largest absolute Gasteiger partial charge is 0.475 e. The molecule has 24 heavy (non-hydrogen) atoms. The van der Waals surface area contributed by atoms with Gasteiger partial charge in [0.1, 0.15) is 5.75 Å². The van der Waals surface area contributed by atoms with E-state index in [2.05, 4.69) is 71.6 Å². The summed E-state index contributed by atoms with van der Waals surface area (Å²) in [7, 11) is 0. The van der Waals surface area contributed by atoms with E-state index in [1.165, 1.54) is 34.7 Å². The molecule has 1 saturated heterocycles. The summed E-state index contributed by atoms with van der Waals surface area (Å²) >= 11 is 0. The standard InChI is InChI=1S/C22H21NO/c1-2-9-17(10-3-1)22-21-18-11-5-4-8-16(18)13-14-19(21)24-20-12-6-7-15-23(20)22/h1-5,8-11,13-14,20,22H,6-7,12,15H2. The number of hydrogen-bond donors (Lipinski definition) is 0. The number of hydrogen-bond acceptors (Lipinski definition) is 2. The summed E-state index contributed by atoms with van der Waals surface area (Å²) < 4.78 is 6.42. The van der Waals surface area contributed by atoms with Gasteiger partial charge in [-0.15, -0.1) is 0 Å². The fourth-order valence-corrected chi connectivity index (χ4v) is 4.31. The van der Waals surface area contributed by atoms with Crippen LogP contribution in [0, 0.1) is 0 Å². The van der Waals surface area contributed by atoms with E-state index in [9.17, 15) is 0 Å². The third-order valence-electron chi connectivity index (χ3n) is 5.40. The van der Waals surface area contributed by atoms with Gasteiger partial charge in [0.15, 0.2) is 6.23 Å². The molecular weight excluding hydrogens is 294 g/mol. The second kappa shape index (κ2) is 5.64. The van der Waals surface area contributed by atoms with Crippen LogP contribution in [0.4, 0.5) is 0 Å². The summed E-state index contributed by atoms with van der Waals surface area (Å²) in [5.74, 6) is 1.06. The Balaban J connectivity index is 1.78. The predicted molar refractivity (Wildman–Crippen MR) is 97.2 cm³/mol. The molecule has 0 aromatic heterocycles. The van der Waals surface area contributed by atoms with Crippen LogP contribution in [0.1, 0.15) is 36.4 Å². The number of piperidine rings is 1. The molecule has 5 rings (SSSR count). The summed E-state index contributed by atoms with van der Waals surface area (Å²) in [5.41, 5.74) is 2.70. The Morgan fingerprint density at radius 2 is 1.67 bits per heavy atom. The van der Waals surface area contributed by atoms with Gasteiger partial charge in [0, 0.05) is 12.1 Å². The van der Waals surface area contributed by atoms with Crippen molar-refractivity contribution in [2.75, 3.05) is 6.54 Å². The van der Waals surface area contributed by atoms with Crippen molar-refractivity contribution in [2.24, 2.45) is 0 Å². The monoisotopic (exact) mass is 315 g/mol. The Hall–Kier alpha value is -2.32. The van der Waals surface area contributed by atoms with Crippen molar-refractivity contribution in [3.8, 4) is 5.75 Å². The first-order valence-electron chi connectivity index (χ1n) is 8.91. The first kappa shape index (κ1) is 14.1. The van der Waals surface area contributed by atoms with E-state index in [0.29, 0.717) is 0 Å². The Morgan fingerprint density at radius 1 is 0.833 bits per heavy atom. The van der Waals surface area contributed by atoms with E-state index in [-0.39, 0.29) is 12.3 Å². The minimum Gasteiger partial charge on any atom is -0.475 e. The molecule has 2 heteroatoms. The van der Waals surface area contributed by atoms with Gasteiger partial charge in [-0.3, -0.25) is 4.90 Å². The van der Waals surface area contributed by atoms with Crippen LogP contribution in [0.2, 0.25) is 0 Å². The van der Waals surface area contributed by atoms with Crippen molar-refractivity contribution in [1.82, 2.24) is 4.90 Å². The van der Waals surface area contributed by atoms with Gasteiger partial charge < -0.3 is 4.74 Å². The topological polar surface area (TPSA) is 12.5 Å². The molecule has 2 aliphatic rings. The smallest absolute Gasteiger partial charge is 0.153 e. The summed E-state index contributed by atoms with van der Waals surface area (Å²) in [6, 6.07) is 24.2. The molecule has 3 aromatic carbocycles. The Morgan fingerprint density at radius 3 is 2.58 bits per heavy atom. The van der Waals surface area contributed by atoms with E-state index in [0.717, 1.165) is 18.7 Å². The van der Waals surface area contributed by atoms with E-state index in [1.54, 1.807) is 0 Å². The molecule has 0 amide bonds. The van der Waals surface area contributed by atoms with E-state index >= 15 is 0 Å². The second-order valence-electron chi connectivity index (χ2n) is 6.82. The molecule has 3 aromatic rings. The van der Waals surface area contributed by atoms with Gasteiger partial charge >= 0.3 is 0 Å². The van der Waals surface area contributed by atoms with Crippen LogP contribution in [0.5, 0.6) is 5.75 Å². The SMILES string of the molecule is c1ccc(C2c3c(ccc4ccccc34)OC3CCCCN32)cc1. The van der Waals surface area contributed by atoms with Gasteiger partial charge in [-0.25, -0.2) is 0 Å². The maximum atomic E-state index is 6.42. The van der Waals surface area contributed by atoms with Crippen molar-refractivity contribution in [1.29, 1.82) is 0 Å². The minimum atomic E-state index is 0.206. The first-order valence-corrected chi connectivity index (χ1v) is 8.91. The van der Waals surface area contributed by atoms with Crippen LogP contribution in [0.3, 0.4) is 0 Å². The quantitative estimate of drug-likeness (QED) is 0.617. The fourth-order valence-electron chi connectivity index (χ4n) is 4.31. The summed E-state index contributed by atoms with van der Waals surface area (Å²) in [4.78, 5) is 2.56. The molecule has 2 nitrogen and oxygen atoms in total. The molecule has 2 atom stereocenters. The van der Waals surface area contributed by atoms with Gasteiger partial charge in [0.05, 0.1) is 6.04 Å². The van der Waals surface area contributed by atoms with Gasteiger partial charge in [-0.05, 0) is 41.7 Å². The van der Waals surface area contributed by atoms with Gasteiger partial charge in [0.2, 0.25) is 0 Å². The summed E-state index contributed by atoms with van der Waals surface area (Å²) in [6.45, 7) is 1.10. The van der Waals surface area contributed by atoms with Crippen LogP contribution < -0.4 is 4.74 Å². The highest BCUT2D eigenvalue weighted by molar-refractivity contribution is 5.89. The van der Waals surface area contributed by atoms with Crippen molar-refractivity contribution in [3.05, 3.63) is 77.9 Å². The van der Waals surface area contributed by atoms with Crippen LogP contribution in [-0.2, 0) is 0 Å². The molecule has 0 bridgehead atoms. The highest BCUT2D eigenvalue weighted by atomic mass is 16.5. The number of ether oxygens (including phenoxy) is 1. The average Bonchev–Trinajstić information content (AvgIpc) is 2.66. The van der Waals surface area contributed by atoms with Crippen molar-refractivity contribution in [2.45, 2.75) is 31.5 Å². The van der Waals surface area contributed by atoms with E-state index in [4.69, 9.17) is 4.74 Å². The van der Waals surface area contributed by atoms with Gasteiger partial charge in [0.25, 0.3) is 0 Å². The molecule has 120 valence electrons. The average molecular weight is 315 g/mol. The number of nitrogens with zero attached hydrogens (tertiary/aromatic N) is 1. The molecular formula is C22H21NO. The number of rotatable bonds is 1. The maximum Gasteiger partial charge on any atom is 0.153 e. The highest BCUT2D eigenvalue weighted by Gasteiger charge is 2.38. The van der Waals surface area contributed by atoms with Crippen LogP contribution in [0.15, 0.2) is 66.7 Å². The molecule has 0 saturated carbocycles. The zero-order valence-corrected chi connectivity index (χ0v) is 13.7. The van der Waals surface area contributed by atoms with Crippen molar-refractivity contribution in [3.63, 3.8) is 0 Å². The molecule has 0 N–H and O–H groups in total. The van der Waals surface area contributed by atoms with Crippen molar-refractivity contribution < 1.29 is 4.74 Å². The Bertz CT molecular complexity index is 874. The second-order valence-corrected chi connectivity index (χ2v) is 6.82. The van der Waals surface area contributed by atoms with Crippen molar-refractivity contribution >= 4 is 10.8 Å². The zero-order chi connectivity index (χ0) is 15.9. The molecule has 1 fully saturated rings. The van der Waals surface area contributed by atoms with Crippen LogP contribution in [-0.4, -0.2) is 17.7 Å². The predicted octanol–water partition coefficient (Wildman–Crippen LogP) is 5.13. The zero-order valence-electron chi connectivity index (χ0n) is 13.7. The molecule has 2 heterocycles. The van der Waals surface area contributed by atoms with Gasteiger partial charge in [-0.2, -0.15) is 0 Å². The summed E-state index contributed by atoms with van der Waals surface area (Å²) in [6.07, 6.45) is 3.84. The minimum absolute atomic E-state index is 0.206. The molecule has 0 spiro atoms. The lowest BCUT2D eigenvalue weighted by molar-refractivity contribution is -0.0413. The van der Waals surface area contributed by atoms with E-state index in [1.807, 2.05) is 0 Å². The Kier molecular flexibility index (Phi) is 3.30. The molecule has 2 unspecified atom stereocenters. The first-order chi connectivity index (χ1) is 11.9. The highest BCUT2D eigenvalue weighted by Crippen LogP contribution is 2.46. The number of benzene rings is 3. The summed E-state index contributed by atoms with van der Waals surface area (Å²) in [5, 5.41) is 2.60. The van der Waals surface area contributed by atoms with Gasteiger partial charge in [-0.1, -0.05) is 60.7 Å². The van der Waals surface area contributed by atoms with Crippen LogP contribution >= 0.6 is 0 Å². The third kappa shape index (κ3) is 2.14. The normalized spacial score (nSPS) is 23.3. The lowest BCUT2D eigenvalue weighted by atomic mass is 9.88.